The second kappa shape index (κ2) is 7.45. The highest BCUT2D eigenvalue weighted by Gasteiger charge is 2.27. The molecule has 1 aromatic heterocycles. The first-order valence-corrected chi connectivity index (χ1v) is 9.30. The third-order valence-electron chi connectivity index (χ3n) is 4.40. The van der Waals surface area contributed by atoms with Crippen LogP contribution < -0.4 is 0 Å². The lowest BCUT2D eigenvalue weighted by Crippen LogP contribution is -2.39. The minimum absolute atomic E-state index is 0.143. The van der Waals surface area contributed by atoms with Crippen molar-refractivity contribution in [1.29, 1.82) is 0 Å². The number of thiazole rings is 1. The molecule has 128 valence electrons. The molecule has 5 heteroatoms. The second-order valence-corrected chi connectivity index (χ2v) is 8.10. The number of amides is 1. The minimum atomic E-state index is 0.143. The molecule has 2 heterocycles. The lowest BCUT2D eigenvalue weighted by Gasteiger charge is -2.32. The van der Waals surface area contributed by atoms with E-state index in [0.717, 1.165) is 38.0 Å². The molecule has 3 rings (SSSR count). The van der Waals surface area contributed by atoms with Crippen molar-refractivity contribution in [3.8, 4) is 0 Å². The third kappa shape index (κ3) is 4.02. The first-order chi connectivity index (χ1) is 11.5. The van der Waals surface area contributed by atoms with Gasteiger partial charge >= 0.3 is 0 Å². The van der Waals surface area contributed by atoms with Gasteiger partial charge in [-0.15, -0.1) is 11.3 Å². The Morgan fingerprint density at radius 2 is 2.08 bits per heavy atom. The largest absolute Gasteiger partial charge is 0.338 e. The van der Waals surface area contributed by atoms with Gasteiger partial charge in [-0.05, 0) is 51.6 Å². The van der Waals surface area contributed by atoms with Crippen LogP contribution in [0.1, 0.15) is 44.6 Å². The summed E-state index contributed by atoms with van der Waals surface area (Å²) in [5.74, 6) is 0.527. The average Bonchev–Trinajstić information content (AvgIpc) is 3.01. The summed E-state index contributed by atoms with van der Waals surface area (Å²) < 4.78 is 0. The fourth-order valence-electron chi connectivity index (χ4n) is 3.22. The molecule has 1 aliphatic heterocycles. The van der Waals surface area contributed by atoms with Gasteiger partial charge in [0.25, 0.3) is 5.91 Å². The van der Waals surface area contributed by atoms with Crippen LogP contribution in [0.5, 0.6) is 0 Å². The van der Waals surface area contributed by atoms with Crippen LogP contribution >= 0.6 is 11.3 Å². The molecule has 0 aliphatic carbocycles. The summed E-state index contributed by atoms with van der Waals surface area (Å²) in [7, 11) is 4.10. The van der Waals surface area contributed by atoms with Crippen LogP contribution in [-0.4, -0.2) is 47.9 Å². The van der Waals surface area contributed by atoms with Crippen molar-refractivity contribution < 1.29 is 4.79 Å². The van der Waals surface area contributed by atoms with Crippen LogP contribution in [0.25, 0.3) is 0 Å². The number of aromatic nitrogens is 1. The second-order valence-electron chi connectivity index (χ2n) is 6.83. The minimum Gasteiger partial charge on any atom is -0.338 e. The summed E-state index contributed by atoms with van der Waals surface area (Å²) in [5.41, 5.74) is 2.01. The smallest absolute Gasteiger partial charge is 0.253 e. The van der Waals surface area contributed by atoms with Crippen molar-refractivity contribution in [2.75, 3.05) is 27.2 Å². The van der Waals surface area contributed by atoms with E-state index in [4.69, 9.17) is 0 Å². The SMILES string of the molecule is Cc1cnc(C2CCCN(C(=O)c3ccc(CN(C)C)cc3)C2)s1. The third-order valence-corrected chi connectivity index (χ3v) is 5.47. The predicted octanol–water partition coefficient (Wildman–Crippen LogP) is 3.53. The molecule has 1 amide bonds. The van der Waals surface area contributed by atoms with Gasteiger partial charge in [0.1, 0.15) is 0 Å². The van der Waals surface area contributed by atoms with Crippen LogP contribution in [0.3, 0.4) is 0 Å². The standard InChI is InChI=1S/C19H25N3OS/c1-14-11-20-18(24-14)17-5-4-10-22(13-17)19(23)16-8-6-15(7-9-16)12-21(2)3/h6-9,11,17H,4-5,10,12-13H2,1-3H3. The first-order valence-electron chi connectivity index (χ1n) is 8.48. The highest BCUT2D eigenvalue weighted by atomic mass is 32.1. The number of rotatable bonds is 4. The van der Waals surface area contributed by atoms with Gasteiger partial charge in [-0.2, -0.15) is 0 Å². The summed E-state index contributed by atoms with van der Waals surface area (Å²) >= 11 is 1.76. The molecule has 0 saturated carbocycles. The fourth-order valence-corrected chi connectivity index (χ4v) is 4.12. The van der Waals surface area contributed by atoms with Crippen molar-refractivity contribution in [2.45, 2.75) is 32.2 Å². The summed E-state index contributed by atoms with van der Waals surface area (Å²) in [5, 5.41) is 1.17. The molecule has 1 fully saturated rings. The van der Waals surface area contributed by atoms with E-state index in [1.807, 2.05) is 37.3 Å². The molecule has 2 aromatic rings. The topological polar surface area (TPSA) is 36.4 Å². The number of likely N-dealkylation sites (tertiary alicyclic amines) is 1. The normalized spacial score (nSPS) is 18.2. The van der Waals surface area contributed by atoms with Crippen LogP contribution in [-0.2, 0) is 6.54 Å². The number of hydrogen-bond acceptors (Lipinski definition) is 4. The molecule has 4 nitrogen and oxygen atoms in total. The Bertz CT molecular complexity index is 693. The fraction of sp³-hybridized carbons (Fsp3) is 0.474. The maximum Gasteiger partial charge on any atom is 0.253 e. The van der Waals surface area contributed by atoms with E-state index >= 15 is 0 Å². The quantitative estimate of drug-likeness (QED) is 0.852. The summed E-state index contributed by atoms with van der Waals surface area (Å²) in [6.45, 7) is 4.61. The Kier molecular flexibility index (Phi) is 5.31. The van der Waals surface area contributed by atoms with Gasteiger partial charge in [0, 0.05) is 42.2 Å². The number of carbonyl (C=O) groups excluding carboxylic acids is 1. The number of benzene rings is 1. The van der Waals surface area contributed by atoms with E-state index < -0.39 is 0 Å². The van der Waals surface area contributed by atoms with Gasteiger partial charge in [-0.3, -0.25) is 4.79 Å². The van der Waals surface area contributed by atoms with Crippen molar-refractivity contribution in [1.82, 2.24) is 14.8 Å². The molecule has 0 spiro atoms. The first kappa shape index (κ1) is 17.1. The Morgan fingerprint density at radius 3 is 2.71 bits per heavy atom. The maximum atomic E-state index is 12.8. The maximum absolute atomic E-state index is 12.8. The highest BCUT2D eigenvalue weighted by molar-refractivity contribution is 7.11. The molecule has 1 unspecified atom stereocenters. The Morgan fingerprint density at radius 1 is 1.33 bits per heavy atom. The summed E-state index contributed by atoms with van der Waals surface area (Å²) in [4.78, 5) is 22.7. The van der Waals surface area contributed by atoms with E-state index in [9.17, 15) is 4.79 Å². The van der Waals surface area contributed by atoms with Gasteiger partial charge < -0.3 is 9.80 Å². The summed E-state index contributed by atoms with van der Waals surface area (Å²) in [6, 6.07) is 8.02. The molecule has 1 aliphatic rings. The Labute approximate surface area is 148 Å². The van der Waals surface area contributed by atoms with E-state index in [1.165, 1.54) is 15.4 Å². The molecule has 0 bridgehead atoms. The van der Waals surface area contributed by atoms with Crippen LogP contribution in [0.4, 0.5) is 0 Å². The van der Waals surface area contributed by atoms with Crippen molar-refractivity contribution in [3.05, 3.63) is 51.5 Å². The van der Waals surface area contributed by atoms with Crippen LogP contribution in [0.15, 0.2) is 30.5 Å². The molecule has 0 N–H and O–H groups in total. The van der Waals surface area contributed by atoms with Gasteiger partial charge in [-0.1, -0.05) is 12.1 Å². The molecular weight excluding hydrogens is 318 g/mol. The lowest BCUT2D eigenvalue weighted by molar-refractivity contribution is 0.0707. The number of aryl methyl sites for hydroxylation is 1. The van der Waals surface area contributed by atoms with E-state index in [-0.39, 0.29) is 5.91 Å². The highest BCUT2D eigenvalue weighted by Crippen LogP contribution is 2.30. The Balaban J connectivity index is 1.67. The average molecular weight is 343 g/mol. The Hall–Kier alpha value is -1.72. The molecule has 1 aromatic carbocycles. The van der Waals surface area contributed by atoms with Gasteiger partial charge in [0.2, 0.25) is 0 Å². The lowest BCUT2D eigenvalue weighted by atomic mass is 9.98. The zero-order chi connectivity index (χ0) is 17.1. The molecule has 1 atom stereocenters. The van der Waals surface area contributed by atoms with Crippen LogP contribution in [0, 0.1) is 6.92 Å². The molecule has 1 saturated heterocycles. The molecule has 24 heavy (non-hydrogen) atoms. The molecule has 0 radical (unpaired) electrons. The zero-order valence-electron chi connectivity index (χ0n) is 14.7. The number of nitrogens with zero attached hydrogens (tertiary/aromatic N) is 3. The van der Waals surface area contributed by atoms with E-state index in [0.29, 0.717) is 5.92 Å². The number of carbonyl (C=O) groups is 1. The van der Waals surface area contributed by atoms with Gasteiger partial charge in [-0.25, -0.2) is 4.98 Å². The van der Waals surface area contributed by atoms with Gasteiger partial charge in [0.05, 0.1) is 5.01 Å². The van der Waals surface area contributed by atoms with Crippen molar-refractivity contribution in [2.24, 2.45) is 0 Å². The number of hydrogen-bond donors (Lipinski definition) is 0. The molecular formula is C19H25N3OS. The van der Waals surface area contributed by atoms with Gasteiger partial charge in [0.15, 0.2) is 0 Å². The zero-order valence-corrected chi connectivity index (χ0v) is 15.5. The van der Waals surface area contributed by atoms with Crippen molar-refractivity contribution >= 4 is 17.2 Å². The van der Waals surface area contributed by atoms with E-state index in [2.05, 4.69) is 28.9 Å². The predicted molar refractivity (Wildman–Crippen MR) is 98.6 cm³/mol. The summed E-state index contributed by atoms with van der Waals surface area (Å²) in [6.07, 6.45) is 4.11. The van der Waals surface area contributed by atoms with Crippen LogP contribution in [0.2, 0.25) is 0 Å². The number of piperidine rings is 1. The van der Waals surface area contributed by atoms with E-state index in [1.54, 1.807) is 11.3 Å². The van der Waals surface area contributed by atoms with Crippen molar-refractivity contribution in [3.63, 3.8) is 0 Å². The monoisotopic (exact) mass is 343 g/mol.